The quantitative estimate of drug-likeness (QED) is 0.516. The van der Waals surface area contributed by atoms with Crippen LogP contribution in [0.4, 0.5) is 0 Å². The average Bonchev–Trinajstić information content (AvgIpc) is 2.74. The number of carbonyl (C=O) groups excluding carboxylic acids is 1. The van der Waals surface area contributed by atoms with Crippen LogP contribution >= 0.6 is 0 Å². The number of ether oxygens (including phenoxy) is 1. The first-order valence-corrected chi connectivity index (χ1v) is 5.34. The van der Waals surface area contributed by atoms with E-state index in [1.165, 1.54) is 5.56 Å². The molecule has 0 unspecified atom stereocenters. The second-order valence-corrected chi connectivity index (χ2v) is 3.53. The van der Waals surface area contributed by atoms with Gasteiger partial charge in [-0.2, -0.15) is 5.10 Å². The lowest BCUT2D eigenvalue weighted by Crippen LogP contribution is -2.00. The number of rotatable bonds is 1. The summed E-state index contributed by atoms with van der Waals surface area (Å²) in [4.78, 5) is 11.0. The molecule has 0 saturated carbocycles. The fourth-order valence-corrected chi connectivity index (χ4v) is 1.67. The number of hydrogen-bond acceptors (Lipinski definition) is 4. The molecule has 0 aliphatic heterocycles. The van der Waals surface area contributed by atoms with Crippen LogP contribution in [0.2, 0.25) is 0 Å². The van der Waals surface area contributed by atoms with Crippen molar-refractivity contribution in [1.82, 2.24) is 10.2 Å². The highest BCUT2D eigenvalue weighted by atomic mass is 16.5. The van der Waals surface area contributed by atoms with Crippen LogP contribution < -0.4 is 0 Å². The molecule has 82 valence electrons. The first-order valence-electron chi connectivity index (χ1n) is 5.34. The van der Waals surface area contributed by atoms with Gasteiger partial charge in [-0.25, -0.2) is 4.79 Å². The maximum Gasteiger partial charge on any atom is 0.384 e. The van der Waals surface area contributed by atoms with Crippen LogP contribution in [-0.2, 0) is 22.4 Å². The predicted octanol–water partition coefficient (Wildman–Crippen LogP) is 0.880. The summed E-state index contributed by atoms with van der Waals surface area (Å²) in [6.07, 6.45) is 3.14. The Kier molecular flexibility index (Phi) is 3.16. The van der Waals surface area contributed by atoms with Crippen LogP contribution in [0, 0.1) is 11.8 Å². The second-order valence-electron chi connectivity index (χ2n) is 3.53. The van der Waals surface area contributed by atoms with Gasteiger partial charge in [0.2, 0.25) is 0 Å². The highest BCUT2D eigenvalue weighted by molar-refractivity contribution is 5.88. The zero-order valence-corrected chi connectivity index (χ0v) is 9.12. The Morgan fingerprint density at radius 3 is 3.19 bits per heavy atom. The summed E-state index contributed by atoms with van der Waals surface area (Å²) in [5.41, 5.74) is 2.79. The number of aromatic nitrogens is 2. The lowest BCUT2D eigenvalue weighted by atomic mass is 10.2. The van der Waals surface area contributed by atoms with Gasteiger partial charge in [-0.15, -0.1) is 5.10 Å². The molecule has 2 rings (SSSR count). The maximum atomic E-state index is 11.0. The molecule has 1 aliphatic rings. The van der Waals surface area contributed by atoms with E-state index in [-0.39, 0.29) is 0 Å². The molecule has 4 heteroatoms. The molecular formula is C12H12N2O2. The third kappa shape index (κ3) is 2.37. The maximum absolute atomic E-state index is 11.0. The van der Waals surface area contributed by atoms with E-state index in [4.69, 9.17) is 4.74 Å². The second kappa shape index (κ2) is 4.75. The van der Waals surface area contributed by atoms with Crippen molar-refractivity contribution in [2.45, 2.75) is 26.2 Å². The van der Waals surface area contributed by atoms with Gasteiger partial charge in [0.05, 0.1) is 12.3 Å². The van der Waals surface area contributed by atoms with E-state index in [1.807, 2.05) is 6.07 Å². The van der Waals surface area contributed by atoms with Crippen molar-refractivity contribution in [2.24, 2.45) is 0 Å². The van der Waals surface area contributed by atoms with E-state index in [2.05, 4.69) is 22.0 Å². The number of hydrogen-bond donors (Lipinski definition) is 0. The van der Waals surface area contributed by atoms with E-state index < -0.39 is 5.97 Å². The topological polar surface area (TPSA) is 52.1 Å². The van der Waals surface area contributed by atoms with Gasteiger partial charge in [-0.05, 0) is 43.7 Å². The van der Waals surface area contributed by atoms with Crippen molar-refractivity contribution in [3.63, 3.8) is 0 Å². The van der Waals surface area contributed by atoms with Crippen LogP contribution in [0.25, 0.3) is 0 Å². The van der Waals surface area contributed by atoms with Crippen molar-refractivity contribution in [1.29, 1.82) is 0 Å². The normalized spacial score (nSPS) is 12.6. The number of nitrogens with zero attached hydrogens (tertiary/aromatic N) is 2. The molecule has 0 spiro atoms. The number of aryl methyl sites for hydroxylation is 2. The van der Waals surface area contributed by atoms with Crippen LogP contribution in [0.15, 0.2) is 6.07 Å². The van der Waals surface area contributed by atoms with Gasteiger partial charge in [-0.3, -0.25) is 0 Å². The van der Waals surface area contributed by atoms with Crippen LogP contribution in [0.5, 0.6) is 0 Å². The SMILES string of the molecule is CCOC(=O)C#Cc1cc2c(nn1)CCC2. The monoisotopic (exact) mass is 216 g/mol. The zero-order chi connectivity index (χ0) is 11.4. The number of carbonyl (C=O) groups is 1. The summed E-state index contributed by atoms with van der Waals surface area (Å²) in [5, 5.41) is 8.03. The van der Waals surface area contributed by atoms with E-state index >= 15 is 0 Å². The molecule has 0 fully saturated rings. The number of esters is 1. The molecule has 1 aliphatic carbocycles. The smallest absolute Gasteiger partial charge is 0.384 e. The molecule has 0 atom stereocenters. The van der Waals surface area contributed by atoms with Gasteiger partial charge in [0, 0.05) is 5.92 Å². The van der Waals surface area contributed by atoms with Crippen LogP contribution in [0.3, 0.4) is 0 Å². The minimum absolute atomic E-state index is 0.337. The van der Waals surface area contributed by atoms with E-state index in [1.54, 1.807) is 6.92 Å². The first-order chi connectivity index (χ1) is 7.79. The number of fused-ring (bicyclic) bond motifs is 1. The fourth-order valence-electron chi connectivity index (χ4n) is 1.67. The molecule has 1 heterocycles. The van der Waals surface area contributed by atoms with Crippen molar-refractivity contribution >= 4 is 5.97 Å². The highest BCUT2D eigenvalue weighted by Crippen LogP contribution is 2.18. The Balaban J connectivity index is 2.13. The van der Waals surface area contributed by atoms with Crippen LogP contribution in [-0.4, -0.2) is 22.8 Å². The predicted molar refractivity (Wildman–Crippen MR) is 57.6 cm³/mol. The Bertz CT molecular complexity index is 472. The summed E-state index contributed by atoms with van der Waals surface area (Å²) in [7, 11) is 0. The lowest BCUT2D eigenvalue weighted by molar-refractivity contribution is -0.136. The van der Waals surface area contributed by atoms with Crippen molar-refractivity contribution in [3.8, 4) is 11.8 Å². The Labute approximate surface area is 94.0 Å². The molecule has 0 N–H and O–H groups in total. The average molecular weight is 216 g/mol. The van der Waals surface area contributed by atoms with E-state index in [0.29, 0.717) is 12.3 Å². The summed E-state index contributed by atoms with van der Waals surface area (Å²) in [6.45, 7) is 2.08. The summed E-state index contributed by atoms with van der Waals surface area (Å²) in [6, 6.07) is 1.90. The Morgan fingerprint density at radius 2 is 2.38 bits per heavy atom. The van der Waals surface area contributed by atoms with Crippen molar-refractivity contribution < 1.29 is 9.53 Å². The first kappa shape index (κ1) is 10.6. The van der Waals surface area contributed by atoms with Crippen molar-refractivity contribution in [2.75, 3.05) is 6.61 Å². The van der Waals surface area contributed by atoms with Gasteiger partial charge >= 0.3 is 5.97 Å². The van der Waals surface area contributed by atoms with Gasteiger partial charge in [0.1, 0.15) is 5.69 Å². The van der Waals surface area contributed by atoms with Gasteiger partial charge < -0.3 is 4.74 Å². The summed E-state index contributed by atoms with van der Waals surface area (Å²) in [5.74, 6) is 4.51. The molecule has 0 radical (unpaired) electrons. The Morgan fingerprint density at radius 1 is 1.50 bits per heavy atom. The fraction of sp³-hybridized carbons (Fsp3) is 0.417. The highest BCUT2D eigenvalue weighted by Gasteiger charge is 2.12. The van der Waals surface area contributed by atoms with Gasteiger partial charge in [0.15, 0.2) is 0 Å². The van der Waals surface area contributed by atoms with Crippen LogP contribution in [0.1, 0.15) is 30.3 Å². The molecule has 1 aromatic heterocycles. The zero-order valence-electron chi connectivity index (χ0n) is 9.12. The summed E-state index contributed by atoms with van der Waals surface area (Å²) < 4.78 is 4.70. The lowest BCUT2D eigenvalue weighted by Gasteiger charge is -1.96. The molecular weight excluding hydrogens is 204 g/mol. The summed E-state index contributed by atoms with van der Waals surface area (Å²) >= 11 is 0. The van der Waals surface area contributed by atoms with Gasteiger partial charge in [0.25, 0.3) is 0 Å². The molecule has 0 amide bonds. The Hall–Kier alpha value is -1.89. The standard InChI is InChI=1S/C12H12N2O2/c1-2-16-12(15)7-6-10-8-9-4-3-5-11(9)14-13-10/h8H,2-5H2,1H3. The van der Waals surface area contributed by atoms with Gasteiger partial charge in [-0.1, -0.05) is 0 Å². The van der Waals surface area contributed by atoms with E-state index in [0.717, 1.165) is 25.0 Å². The third-order valence-corrected chi connectivity index (χ3v) is 2.39. The molecule has 0 bridgehead atoms. The molecule has 0 saturated heterocycles. The molecule has 4 nitrogen and oxygen atoms in total. The van der Waals surface area contributed by atoms with E-state index in [9.17, 15) is 4.79 Å². The third-order valence-electron chi connectivity index (χ3n) is 2.39. The molecule has 16 heavy (non-hydrogen) atoms. The molecule has 1 aromatic rings. The minimum Gasteiger partial charge on any atom is -0.456 e. The van der Waals surface area contributed by atoms with Crippen molar-refractivity contribution in [3.05, 3.63) is 23.0 Å². The minimum atomic E-state index is -0.523. The molecule has 0 aromatic carbocycles. The largest absolute Gasteiger partial charge is 0.456 e.